The summed E-state index contributed by atoms with van der Waals surface area (Å²) in [5.74, 6) is 0.676. The lowest BCUT2D eigenvalue weighted by Gasteiger charge is -2.23. The second-order valence-corrected chi connectivity index (χ2v) is 9.73. The topological polar surface area (TPSA) is 105 Å². The summed E-state index contributed by atoms with van der Waals surface area (Å²) in [6, 6.07) is 5.30. The second-order valence-electron chi connectivity index (χ2n) is 8.67. The van der Waals surface area contributed by atoms with E-state index in [1.807, 2.05) is 12.1 Å². The number of aromatic nitrogens is 3. The Morgan fingerprint density at radius 3 is 2.61 bits per heavy atom. The van der Waals surface area contributed by atoms with Crippen LogP contribution in [0.15, 0.2) is 24.4 Å². The minimum Gasteiger partial charge on any atom is -0.386 e. The van der Waals surface area contributed by atoms with E-state index in [9.17, 15) is 14.7 Å². The number of fused-ring (bicyclic) bond motifs is 1. The number of nitrogens with one attached hydrogen (secondary N) is 1. The van der Waals surface area contributed by atoms with Crippen LogP contribution in [0.4, 0.5) is 5.69 Å². The standard InChI is InChI=1S/C23H26N4O3S/c1-13-24-9-8-17(25-13)21(29)26-18-11-20-19(10-16(18)23(2,3)30)27-22(31-20)15-6-4-14(12-28)5-7-15/h8-12,14-15,30H,4-7H2,1-3H3,(H,26,29). The maximum atomic E-state index is 12.8. The Hall–Kier alpha value is -2.71. The highest BCUT2D eigenvalue weighted by Gasteiger charge is 2.27. The summed E-state index contributed by atoms with van der Waals surface area (Å²) in [5.41, 5.74) is 1.06. The van der Waals surface area contributed by atoms with Crippen LogP contribution in [0, 0.1) is 12.8 Å². The second kappa shape index (κ2) is 8.43. The molecule has 2 heterocycles. The molecule has 1 saturated carbocycles. The number of nitrogens with zero attached hydrogens (tertiary/aromatic N) is 3. The zero-order chi connectivity index (χ0) is 22.2. The highest BCUT2D eigenvalue weighted by molar-refractivity contribution is 7.18. The van der Waals surface area contributed by atoms with Crippen LogP contribution in [0.25, 0.3) is 10.2 Å². The molecule has 0 atom stereocenters. The molecular weight excluding hydrogens is 412 g/mol. The summed E-state index contributed by atoms with van der Waals surface area (Å²) in [7, 11) is 0. The van der Waals surface area contributed by atoms with E-state index in [2.05, 4.69) is 15.3 Å². The number of hydrogen-bond acceptors (Lipinski definition) is 7. The Morgan fingerprint density at radius 2 is 1.97 bits per heavy atom. The van der Waals surface area contributed by atoms with Crippen LogP contribution >= 0.6 is 11.3 Å². The van der Waals surface area contributed by atoms with Gasteiger partial charge in [0.2, 0.25) is 0 Å². The van der Waals surface area contributed by atoms with Crippen molar-refractivity contribution >= 4 is 39.4 Å². The molecule has 162 valence electrons. The fourth-order valence-electron chi connectivity index (χ4n) is 4.05. The van der Waals surface area contributed by atoms with Gasteiger partial charge in [-0.05, 0) is 64.7 Å². The number of anilines is 1. The van der Waals surface area contributed by atoms with Crippen LogP contribution in [-0.4, -0.2) is 32.3 Å². The van der Waals surface area contributed by atoms with Crippen molar-refractivity contribution in [1.82, 2.24) is 15.0 Å². The maximum absolute atomic E-state index is 12.8. The molecule has 8 heteroatoms. The van der Waals surface area contributed by atoms with Gasteiger partial charge in [-0.2, -0.15) is 0 Å². The predicted octanol–water partition coefficient (Wildman–Crippen LogP) is 4.35. The lowest BCUT2D eigenvalue weighted by molar-refractivity contribution is -0.111. The van der Waals surface area contributed by atoms with Gasteiger partial charge < -0.3 is 15.2 Å². The molecule has 1 aliphatic rings. The Labute approximate surface area is 185 Å². The molecule has 1 aromatic carbocycles. The highest BCUT2D eigenvalue weighted by Crippen LogP contribution is 2.40. The average molecular weight is 439 g/mol. The molecule has 1 amide bonds. The lowest BCUT2D eigenvalue weighted by atomic mass is 9.83. The van der Waals surface area contributed by atoms with Gasteiger partial charge in [0.15, 0.2) is 0 Å². The number of carbonyl (C=O) groups is 2. The molecule has 1 fully saturated rings. The van der Waals surface area contributed by atoms with Crippen molar-refractivity contribution in [3.63, 3.8) is 0 Å². The lowest BCUT2D eigenvalue weighted by Crippen LogP contribution is -2.21. The van der Waals surface area contributed by atoms with Gasteiger partial charge in [0.1, 0.15) is 17.8 Å². The largest absolute Gasteiger partial charge is 0.386 e. The van der Waals surface area contributed by atoms with E-state index in [4.69, 9.17) is 4.98 Å². The molecule has 0 bridgehead atoms. The van der Waals surface area contributed by atoms with Gasteiger partial charge >= 0.3 is 0 Å². The first kappa shape index (κ1) is 21.5. The first-order chi connectivity index (χ1) is 14.7. The number of aliphatic hydroxyl groups is 1. The van der Waals surface area contributed by atoms with Crippen molar-refractivity contribution in [1.29, 1.82) is 0 Å². The van der Waals surface area contributed by atoms with Gasteiger partial charge in [-0.15, -0.1) is 11.3 Å². The third kappa shape index (κ3) is 4.65. The molecule has 0 saturated heterocycles. The molecule has 0 unspecified atom stereocenters. The quantitative estimate of drug-likeness (QED) is 0.574. The summed E-state index contributed by atoms with van der Waals surface area (Å²) in [6.45, 7) is 5.10. The smallest absolute Gasteiger partial charge is 0.274 e. The fraction of sp³-hybridized carbons (Fsp3) is 0.435. The Kier molecular flexibility index (Phi) is 5.85. The highest BCUT2D eigenvalue weighted by atomic mass is 32.1. The number of thiazole rings is 1. The Balaban J connectivity index is 1.67. The van der Waals surface area contributed by atoms with Crippen molar-refractivity contribution in [2.45, 2.75) is 58.0 Å². The first-order valence-electron chi connectivity index (χ1n) is 10.5. The SMILES string of the molecule is Cc1nccc(C(=O)Nc2cc3sc(C4CCC(C=O)CC4)nc3cc2C(C)(C)O)n1. The number of aldehydes is 1. The fourth-order valence-corrected chi connectivity index (χ4v) is 5.20. The monoisotopic (exact) mass is 438 g/mol. The van der Waals surface area contributed by atoms with E-state index < -0.39 is 5.60 Å². The number of benzene rings is 1. The first-order valence-corrected chi connectivity index (χ1v) is 11.3. The van der Waals surface area contributed by atoms with E-state index in [-0.39, 0.29) is 17.5 Å². The van der Waals surface area contributed by atoms with Crippen molar-refractivity contribution in [2.24, 2.45) is 5.92 Å². The third-order valence-corrected chi connectivity index (χ3v) is 6.95. The van der Waals surface area contributed by atoms with Crippen LogP contribution in [-0.2, 0) is 10.4 Å². The predicted molar refractivity (Wildman–Crippen MR) is 120 cm³/mol. The molecule has 3 aromatic rings. The molecule has 2 aromatic heterocycles. The Bertz CT molecular complexity index is 1130. The zero-order valence-electron chi connectivity index (χ0n) is 17.9. The molecule has 4 rings (SSSR count). The molecular formula is C23H26N4O3S. The number of carbonyl (C=O) groups excluding carboxylic acids is 2. The molecule has 2 N–H and O–H groups in total. The van der Waals surface area contributed by atoms with Crippen molar-refractivity contribution in [3.8, 4) is 0 Å². The number of amides is 1. The third-order valence-electron chi connectivity index (χ3n) is 5.77. The number of aryl methyl sites for hydroxylation is 1. The van der Waals surface area contributed by atoms with Crippen LogP contribution < -0.4 is 5.32 Å². The maximum Gasteiger partial charge on any atom is 0.274 e. The molecule has 0 radical (unpaired) electrons. The molecule has 7 nitrogen and oxygen atoms in total. The normalized spacial score (nSPS) is 19.4. The van der Waals surface area contributed by atoms with Gasteiger partial charge in [0, 0.05) is 29.3 Å². The van der Waals surface area contributed by atoms with Crippen LogP contribution in [0.2, 0.25) is 0 Å². The number of rotatable bonds is 5. The summed E-state index contributed by atoms with van der Waals surface area (Å²) in [6.07, 6.45) is 6.33. The minimum atomic E-state index is -1.16. The molecule has 31 heavy (non-hydrogen) atoms. The van der Waals surface area contributed by atoms with Gasteiger partial charge in [0.25, 0.3) is 5.91 Å². The number of hydrogen-bond donors (Lipinski definition) is 2. The van der Waals surface area contributed by atoms with Gasteiger partial charge in [-0.1, -0.05) is 0 Å². The minimum absolute atomic E-state index is 0.166. The van der Waals surface area contributed by atoms with Gasteiger partial charge in [0.05, 0.1) is 20.8 Å². The van der Waals surface area contributed by atoms with E-state index in [0.717, 1.165) is 47.2 Å². The van der Waals surface area contributed by atoms with E-state index in [1.54, 1.807) is 44.4 Å². The van der Waals surface area contributed by atoms with E-state index in [1.165, 1.54) is 0 Å². The molecule has 0 aliphatic heterocycles. The van der Waals surface area contributed by atoms with Crippen molar-refractivity contribution < 1.29 is 14.7 Å². The summed E-state index contributed by atoms with van der Waals surface area (Å²) >= 11 is 1.61. The van der Waals surface area contributed by atoms with Crippen molar-refractivity contribution in [3.05, 3.63) is 46.5 Å². The molecule has 1 aliphatic carbocycles. The van der Waals surface area contributed by atoms with Crippen LogP contribution in [0.1, 0.15) is 72.3 Å². The van der Waals surface area contributed by atoms with Crippen molar-refractivity contribution in [2.75, 3.05) is 5.32 Å². The average Bonchev–Trinajstić information content (AvgIpc) is 3.15. The summed E-state index contributed by atoms with van der Waals surface area (Å²) in [4.78, 5) is 36.9. The summed E-state index contributed by atoms with van der Waals surface area (Å²) in [5, 5.41) is 14.7. The summed E-state index contributed by atoms with van der Waals surface area (Å²) < 4.78 is 0.953. The van der Waals surface area contributed by atoms with Gasteiger partial charge in [-0.3, -0.25) is 4.79 Å². The molecule has 0 spiro atoms. The Morgan fingerprint density at radius 1 is 1.23 bits per heavy atom. The van der Waals surface area contributed by atoms with E-state index in [0.29, 0.717) is 23.0 Å². The van der Waals surface area contributed by atoms with E-state index >= 15 is 0 Å². The van der Waals surface area contributed by atoms with Gasteiger partial charge in [-0.25, -0.2) is 15.0 Å². The van der Waals surface area contributed by atoms with Crippen LogP contribution in [0.5, 0.6) is 0 Å². The van der Waals surface area contributed by atoms with Crippen LogP contribution in [0.3, 0.4) is 0 Å². The zero-order valence-corrected chi connectivity index (χ0v) is 18.7.